The fraction of sp³-hybridized carbons (Fsp3) is 1.00. The van der Waals surface area contributed by atoms with E-state index in [1.165, 1.54) is 7.11 Å². The molecule has 0 aromatic heterocycles. The molecular weight excluding hydrogens is 165 g/mol. The van der Waals surface area contributed by atoms with Crippen molar-refractivity contribution in [3.05, 3.63) is 10.1 Å². The second kappa shape index (κ2) is 5.88. The molecule has 12 heavy (non-hydrogen) atoms. The summed E-state index contributed by atoms with van der Waals surface area (Å²) in [6.45, 7) is 1.11. The van der Waals surface area contributed by atoms with E-state index in [0.29, 0.717) is 6.42 Å². The molecule has 0 radical (unpaired) electrons. The first-order chi connectivity index (χ1) is 5.67. The predicted octanol–water partition coefficient (Wildman–Crippen LogP) is 1.42. The third-order valence-corrected chi connectivity index (χ3v) is 1.81. The maximum absolute atomic E-state index is 11.9. The van der Waals surface area contributed by atoms with Crippen molar-refractivity contribution in [2.24, 2.45) is 0 Å². The maximum atomic E-state index is 11.9. The highest BCUT2D eigenvalue weighted by molar-refractivity contribution is 4.67. The van der Waals surface area contributed by atoms with Crippen LogP contribution >= 0.6 is 0 Å². The molecule has 4 nitrogen and oxygen atoms in total. The van der Waals surface area contributed by atoms with Crippen molar-refractivity contribution >= 4 is 0 Å². The summed E-state index contributed by atoms with van der Waals surface area (Å²) in [5.41, 5.74) is 0. The second-order valence-corrected chi connectivity index (χ2v) is 2.51. The van der Waals surface area contributed by atoms with Gasteiger partial charge in [-0.25, -0.2) is 0 Å². The van der Waals surface area contributed by atoms with Crippen LogP contribution in [0.5, 0.6) is 0 Å². The van der Waals surface area contributed by atoms with E-state index in [2.05, 4.69) is 0 Å². The quantitative estimate of drug-likeness (QED) is 0.457. The molecule has 0 fully saturated rings. The Labute approximate surface area is 70.9 Å². The Morgan fingerprint density at radius 3 is 2.50 bits per heavy atom. The van der Waals surface area contributed by atoms with Gasteiger partial charge in [-0.1, -0.05) is 6.92 Å². The summed E-state index contributed by atoms with van der Waals surface area (Å²) in [4.78, 5) is 10.00. The van der Waals surface area contributed by atoms with Gasteiger partial charge in [-0.15, -0.1) is 0 Å². The number of hydrogen-bond donors (Lipinski definition) is 0. The fourth-order valence-electron chi connectivity index (χ4n) is 1.12. The SMILES string of the molecule is CC[C@@H]([C@@H](CCF)OC)[N+](=O)[O-]. The molecule has 0 unspecified atom stereocenters. The lowest BCUT2D eigenvalue weighted by Gasteiger charge is -2.16. The molecule has 0 saturated carbocycles. The third-order valence-electron chi connectivity index (χ3n) is 1.81. The van der Waals surface area contributed by atoms with E-state index in [9.17, 15) is 14.5 Å². The standard InChI is InChI=1S/C7H14FNO3/c1-3-6(9(10)11)7(12-2)4-5-8/h6-7H,3-5H2,1-2H3/t6-,7+/m0/s1. The average Bonchev–Trinajstić information content (AvgIpc) is 2.03. The summed E-state index contributed by atoms with van der Waals surface area (Å²) in [6, 6.07) is -0.786. The zero-order valence-electron chi connectivity index (χ0n) is 7.33. The fourth-order valence-corrected chi connectivity index (χ4v) is 1.12. The number of hydrogen-bond acceptors (Lipinski definition) is 3. The van der Waals surface area contributed by atoms with Crippen LogP contribution in [0.1, 0.15) is 19.8 Å². The van der Waals surface area contributed by atoms with Crippen LogP contribution in [0.15, 0.2) is 0 Å². The summed E-state index contributed by atoms with van der Waals surface area (Å²) < 4.78 is 16.7. The lowest BCUT2D eigenvalue weighted by molar-refractivity contribution is -0.535. The van der Waals surface area contributed by atoms with Gasteiger partial charge in [-0.05, 0) is 0 Å². The van der Waals surface area contributed by atoms with Gasteiger partial charge in [0.1, 0.15) is 6.10 Å². The first kappa shape index (κ1) is 11.3. The molecule has 0 heterocycles. The van der Waals surface area contributed by atoms with E-state index < -0.39 is 23.7 Å². The molecule has 5 heteroatoms. The van der Waals surface area contributed by atoms with Gasteiger partial charge in [0, 0.05) is 24.9 Å². The van der Waals surface area contributed by atoms with Crippen LogP contribution in [0, 0.1) is 10.1 Å². The van der Waals surface area contributed by atoms with Crippen molar-refractivity contribution < 1.29 is 14.1 Å². The molecule has 0 aliphatic rings. The molecule has 0 aliphatic carbocycles. The van der Waals surface area contributed by atoms with Crippen LogP contribution < -0.4 is 0 Å². The second-order valence-electron chi connectivity index (χ2n) is 2.51. The van der Waals surface area contributed by atoms with Gasteiger partial charge in [0.25, 0.3) is 0 Å². The van der Waals surface area contributed by atoms with Gasteiger partial charge >= 0.3 is 0 Å². The van der Waals surface area contributed by atoms with Crippen LogP contribution in [0.2, 0.25) is 0 Å². The number of ether oxygens (including phenoxy) is 1. The normalized spacial score (nSPS) is 15.6. The maximum Gasteiger partial charge on any atom is 0.238 e. The molecule has 0 aromatic carbocycles. The molecule has 0 aromatic rings. The monoisotopic (exact) mass is 179 g/mol. The van der Waals surface area contributed by atoms with Crippen molar-refractivity contribution in [2.75, 3.05) is 13.8 Å². The number of halogens is 1. The van der Waals surface area contributed by atoms with Crippen molar-refractivity contribution in [2.45, 2.75) is 31.9 Å². The summed E-state index contributed by atoms with van der Waals surface area (Å²) in [5, 5.41) is 10.4. The van der Waals surface area contributed by atoms with Crippen molar-refractivity contribution in [1.29, 1.82) is 0 Å². The third kappa shape index (κ3) is 3.13. The summed E-state index contributed by atoms with van der Waals surface area (Å²) in [6.07, 6.45) is -0.142. The van der Waals surface area contributed by atoms with E-state index in [1.807, 2.05) is 0 Å². The topological polar surface area (TPSA) is 52.4 Å². The highest BCUT2D eigenvalue weighted by Crippen LogP contribution is 2.10. The summed E-state index contributed by atoms with van der Waals surface area (Å²) in [7, 11) is 1.37. The predicted molar refractivity (Wildman–Crippen MR) is 42.5 cm³/mol. The average molecular weight is 179 g/mol. The summed E-state index contributed by atoms with van der Waals surface area (Å²) >= 11 is 0. The molecule has 0 spiro atoms. The number of nitro groups is 1. The minimum atomic E-state index is -0.786. The molecule has 0 amide bonds. The largest absolute Gasteiger partial charge is 0.374 e. The van der Waals surface area contributed by atoms with Crippen LogP contribution in [-0.2, 0) is 4.74 Å². The zero-order chi connectivity index (χ0) is 9.56. The van der Waals surface area contributed by atoms with Gasteiger partial charge in [0.15, 0.2) is 0 Å². The van der Waals surface area contributed by atoms with Gasteiger partial charge in [-0.2, -0.15) is 0 Å². The van der Waals surface area contributed by atoms with Crippen LogP contribution in [0.3, 0.4) is 0 Å². The Morgan fingerprint density at radius 2 is 2.25 bits per heavy atom. The minimum absolute atomic E-state index is 0.0932. The van der Waals surface area contributed by atoms with Crippen molar-refractivity contribution in [3.8, 4) is 0 Å². The van der Waals surface area contributed by atoms with Gasteiger partial charge in [0.05, 0.1) is 6.67 Å². The van der Waals surface area contributed by atoms with Crippen LogP contribution in [0.4, 0.5) is 4.39 Å². The number of nitrogens with zero attached hydrogens (tertiary/aromatic N) is 1. The molecule has 2 atom stereocenters. The molecule has 72 valence electrons. The molecule has 0 bridgehead atoms. The molecule has 0 rings (SSSR count). The van der Waals surface area contributed by atoms with Gasteiger partial charge in [-0.3, -0.25) is 14.5 Å². The Morgan fingerprint density at radius 1 is 1.67 bits per heavy atom. The first-order valence-corrected chi connectivity index (χ1v) is 3.89. The number of alkyl halides is 1. The highest BCUT2D eigenvalue weighted by atomic mass is 19.1. The Kier molecular flexibility index (Phi) is 5.53. The van der Waals surface area contributed by atoms with Gasteiger partial charge < -0.3 is 4.74 Å². The molecule has 0 aliphatic heterocycles. The van der Waals surface area contributed by atoms with Crippen LogP contribution in [0.25, 0.3) is 0 Å². The van der Waals surface area contributed by atoms with E-state index in [-0.39, 0.29) is 6.42 Å². The first-order valence-electron chi connectivity index (χ1n) is 3.89. The highest BCUT2D eigenvalue weighted by Gasteiger charge is 2.28. The number of methoxy groups -OCH3 is 1. The minimum Gasteiger partial charge on any atom is -0.374 e. The zero-order valence-corrected chi connectivity index (χ0v) is 7.33. The lowest BCUT2D eigenvalue weighted by Crippen LogP contribution is -2.34. The smallest absolute Gasteiger partial charge is 0.238 e. The Hall–Kier alpha value is -0.710. The Balaban J connectivity index is 4.12. The molecule has 0 N–H and O–H groups in total. The van der Waals surface area contributed by atoms with E-state index in [0.717, 1.165) is 0 Å². The van der Waals surface area contributed by atoms with E-state index in [1.54, 1.807) is 6.92 Å². The van der Waals surface area contributed by atoms with Crippen molar-refractivity contribution in [3.63, 3.8) is 0 Å². The van der Waals surface area contributed by atoms with E-state index in [4.69, 9.17) is 4.74 Å². The van der Waals surface area contributed by atoms with Gasteiger partial charge in [0.2, 0.25) is 6.04 Å². The molecular formula is C7H14FNO3. The van der Waals surface area contributed by atoms with Crippen molar-refractivity contribution in [1.82, 2.24) is 0 Å². The van der Waals surface area contributed by atoms with E-state index >= 15 is 0 Å². The number of rotatable bonds is 6. The summed E-state index contributed by atoms with van der Waals surface area (Å²) in [5.74, 6) is 0. The Bertz CT molecular complexity index is 143. The lowest BCUT2D eigenvalue weighted by atomic mass is 10.1. The molecule has 0 saturated heterocycles. The van der Waals surface area contributed by atoms with Crippen LogP contribution in [-0.4, -0.2) is 30.9 Å².